The molecule has 0 unspecified atom stereocenters. The lowest BCUT2D eigenvalue weighted by molar-refractivity contribution is -0.122. The lowest BCUT2D eigenvalue weighted by atomic mass is 10.3. The molecule has 60 valence electrons. The van der Waals surface area contributed by atoms with Crippen LogP contribution in [0.5, 0.6) is 0 Å². The number of hydrogen-bond acceptors (Lipinski definition) is 2. The average Bonchev–Trinajstić information content (AvgIpc) is 2.04. The van der Waals surface area contributed by atoms with E-state index in [4.69, 9.17) is 0 Å². The van der Waals surface area contributed by atoms with Gasteiger partial charge in [-0.3, -0.25) is 4.79 Å². The minimum atomic E-state index is -0.0860. The smallest absolute Gasteiger partial charge is 0.220 e. The lowest BCUT2D eigenvalue weighted by Crippen LogP contribution is -2.16. The number of rotatable bonds is 3. The van der Waals surface area contributed by atoms with E-state index >= 15 is 0 Å². The molecule has 0 atom stereocenters. The van der Waals surface area contributed by atoms with Crippen molar-refractivity contribution in [2.45, 2.75) is 26.7 Å². The Bertz CT molecular complexity index is 91.6. The van der Waals surface area contributed by atoms with Crippen molar-refractivity contribution in [2.24, 2.45) is 0 Å². The highest BCUT2D eigenvalue weighted by Crippen LogP contribution is 1.80. The zero-order valence-electron chi connectivity index (χ0n) is 6.81. The van der Waals surface area contributed by atoms with E-state index in [1.54, 1.807) is 7.05 Å². The predicted octanol–water partition coefficient (Wildman–Crippen LogP) is 0.738. The van der Waals surface area contributed by atoms with E-state index in [1.165, 1.54) is 0 Å². The molecule has 0 bridgehead atoms. The molecule has 0 saturated heterocycles. The van der Waals surface area contributed by atoms with Crippen molar-refractivity contribution >= 4 is 12.2 Å². The maximum atomic E-state index is 10.3. The number of aldehydes is 1. The Balaban J connectivity index is 0. The van der Waals surface area contributed by atoms with Gasteiger partial charge in [-0.15, -0.1) is 0 Å². The molecule has 0 aliphatic heterocycles. The Morgan fingerprint density at radius 2 is 2.00 bits per heavy atom. The molecule has 0 aromatic carbocycles. The van der Waals surface area contributed by atoms with Crippen LogP contribution in [-0.2, 0) is 9.59 Å². The van der Waals surface area contributed by atoms with Crippen LogP contribution in [0.1, 0.15) is 26.7 Å². The molecule has 0 fully saturated rings. The molecule has 0 radical (unpaired) electrons. The average molecular weight is 145 g/mol. The second-order valence-corrected chi connectivity index (χ2v) is 1.38. The summed E-state index contributed by atoms with van der Waals surface area (Å²) in [6, 6.07) is 0. The van der Waals surface area contributed by atoms with Crippen molar-refractivity contribution in [1.29, 1.82) is 0 Å². The van der Waals surface area contributed by atoms with Gasteiger partial charge in [-0.05, 0) is 0 Å². The Hall–Kier alpha value is -0.860. The Labute approximate surface area is 61.8 Å². The fourth-order valence-corrected chi connectivity index (χ4v) is 0.315. The summed E-state index contributed by atoms with van der Waals surface area (Å²) in [4.78, 5) is 19.9. The molecule has 0 heterocycles. The van der Waals surface area contributed by atoms with Crippen LogP contribution < -0.4 is 5.32 Å². The van der Waals surface area contributed by atoms with E-state index in [9.17, 15) is 9.59 Å². The fourth-order valence-electron chi connectivity index (χ4n) is 0.315. The quantitative estimate of drug-likeness (QED) is 0.595. The summed E-state index contributed by atoms with van der Waals surface area (Å²) in [6.07, 6.45) is 1.36. The van der Waals surface area contributed by atoms with Crippen LogP contribution >= 0.6 is 0 Å². The number of amides is 1. The van der Waals surface area contributed by atoms with E-state index in [-0.39, 0.29) is 5.91 Å². The maximum Gasteiger partial charge on any atom is 0.220 e. The van der Waals surface area contributed by atoms with Crippen molar-refractivity contribution in [2.75, 3.05) is 7.05 Å². The third-order valence-electron chi connectivity index (χ3n) is 0.768. The first-order valence-electron chi connectivity index (χ1n) is 3.45. The second-order valence-electron chi connectivity index (χ2n) is 1.38. The van der Waals surface area contributed by atoms with Gasteiger partial charge in [0, 0.05) is 19.9 Å². The van der Waals surface area contributed by atoms with Gasteiger partial charge in [0.1, 0.15) is 6.29 Å². The van der Waals surface area contributed by atoms with Gasteiger partial charge in [0.2, 0.25) is 5.91 Å². The van der Waals surface area contributed by atoms with Gasteiger partial charge >= 0.3 is 0 Å². The first kappa shape index (κ1) is 11.9. The molecule has 0 aliphatic carbocycles. The van der Waals surface area contributed by atoms with Gasteiger partial charge in [-0.1, -0.05) is 13.8 Å². The molecule has 3 heteroatoms. The van der Waals surface area contributed by atoms with Gasteiger partial charge in [0.15, 0.2) is 0 Å². The first-order chi connectivity index (χ1) is 4.81. The summed E-state index contributed by atoms with van der Waals surface area (Å²) >= 11 is 0. The summed E-state index contributed by atoms with van der Waals surface area (Å²) in [5.74, 6) is -0.0860. The molecule has 0 aromatic heterocycles. The molecule has 1 amide bonds. The van der Waals surface area contributed by atoms with Crippen molar-refractivity contribution in [3.05, 3.63) is 0 Å². The topological polar surface area (TPSA) is 46.2 Å². The van der Waals surface area contributed by atoms with Crippen LogP contribution in [0.25, 0.3) is 0 Å². The summed E-state index contributed by atoms with van der Waals surface area (Å²) in [5, 5.41) is 2.40. The maximum absolute atomic E-state index is 10.3. The van der Waals surface area contributed by atoms with E-state index < -0.39 is 0 Å². The number of hydrogen-bond donors (Lipinski definition) is 1. The second kappa shape index (κ2) is 11.0. The van der Waals surface area contributed by atoms with Crippen LogP contribution in [0, 0.1) is 0 Å². The van der Waals surface area contributed by atoms with Gasteiger partial charge in [0.05, 0.1) is 0 Å². The number of carbonyl (C=O) groups is 2. The van der Waals surface area contributed by atoms with Crippen LogP contribution in [0.2, 0.25) is 0 Å². The van der Waals surface area contributed by atoms with Gasteiger partial charge in [-0.2, -0.15) is 0 Å². The summed E-state index contributed by atoms with van der Waals surface area (Å²) in [5.41, 5.74) is 0. The summed E-state index contributed by atoms with van der Waals surface area (Å²) in [6.45, 7) is 4.00. The summed E-state index contributed by atoms with van der Waals surface area (Å²) < 4.78 is 0. The monoisotopic (exact) mass is 145 g/mol. The molecular weight excluding hydrogens is 130 g/mol. The standard InChI is InChI=1S/C5H9NO2.C2H6/c1-6-5(8)3-2-4-7;1-2/h4H,2-3H2,1H3,(H,6,8);1-2H3. The van der Waals surface area contributed by atoms with Crippen molar-refractivity contribution in [1.82, 2.24) is 5.32 Å². The van der Waals surface area contributed by atoms with E-state index in [2.05, 4.69) is 5.32 Å². The third kappa shape index (κ3) is 10.2. The zero-order valence-corrected chi connectivity index (χ0v) is 6.81. The fraction of sp³-hybridized carbons (Fsp3) is 0.714. The Morgan fingerprint density at radius 3 is 2.30 bits per heavy atom. The van der Waals surface area contributed by atoms with Crippen LogP contribution in [-0.4, -0.2) is 19.2 Å². The molecule has 10 heavy (non-hydrogen) atoms. The van der Waals surface area contributed by atoms with Crippen LogP contribution in [0.3, 0.4) is 0 Å². The van der Waals surface area contributed by atoms with Gasteiger partial charge in [0.25, 0.3) is 0 Å². The molecule has 3 nitrogen and oxygen atoms in total. The van der Waals surface area contributed by atoms with Gasteiger partial charge < -0.3 is 10.1 Å². The molecular formula is C7H15NO2. The van der Waals surface area contributed by atoms with Crippen molar-refractivity contribution in [3.63, 3.8) is 0 Å². The summed E-state index contributed by atoms with van der Waals surface area (Å²) in [7, 11) is 1.55. The first-order valence-corrected chi connectivity index (χ1v) is 3.45. The van der Waals surface area contributed by atoms with Gasteiger partial charge in [-0.25, -0.2) is 0 Å². The van der Waals surface area contributed by atoms with Crippen molar-refractivity contribution in [3.8, 4) is 0 Å². The lowest BCUT2D eigenvalue weighted by Gasteiger charge is -1.90. The number of carbonyl (C=O) groups excluding carboxylic acids is 2. The normalized spacial score (nSPS) is 7.10. The highest BCUT2D eigenvalue weighted by Gasteiger charge is 1.92. The highest BCUT2D eigenvalue weighted by atomic mass is 16.1. The molecule has 0 aromatic rings. The molecule has 0 rings (SSSR count). The van der Waals surface area contributed by atoms with E-state index in [0.29, 0.717) is 12.8 Å². The molecule has 0 aliphatic rings. The Morgan fingerprint density at radius 1 is 1.50 bits per heavy atom. The highest BCUT2D eigenvalue weighted by molar-refractivity contribution is 5.77. The minimum Gasteiger partial charge on any atom is -0.359 e. The third-order valence-corrected chi connectivity index (χ3v) is 0.768. The van der Waals surface area contributed by atoms with Crippen molar-refractivity contribution < 1.29 is 9.59 Å². The number of nitrogens with one attached hydrogen (secondary N) is 1. The Kier molecular flexibility index (Phi) is 13.1. The van der Waals surface area contributed by atoms with E-state index in [1.807, 2.05) is 13.8 Å². The molecule has 1 N–H and O–H groups in total. The van der Waals surface area contributed by atoms with Crippen LogP contribution in [0.15, 0.2) is 0 Å². The van der Waals surface area contributed by atoms with E-state index in [0.717, 1.165) is 6.29 Å². The SMILES string of the molecule is CC.CNC(=O)CCC=O. The molecule has 0 saturated carbocycles. The predicted molar refractivity (Wildman–Crippen MR) is 40.7 cm³/mol. The minimum absolute atomic E-state index is 0.0860. The van der Waals surface area contributed by atoms with Crippen LogP contribution in [0.4, 0.5) is 0 Å². The largest absolute Gasteiger partial charge is 0.359 e. The molecule has 0 spiro atoms. The zero-order chi connectivity index (χ0) is 8.41.